The number of nitrogens with zero attached hydrogens (tertiary/aromatic N) is 3. The molecule has 7 heteroatoms. The molecule has 1 heterocycles. The molecule has 114 valence electrons. The second-order valence-electron chi connectivity index (χ2n) is 6.86. The van der Waals surface area contributed by atoms with Crippen molar-refractivity contribution in [1.29, 1.82) is 0 Å². The molecule has 0 aromatic carbocycles. The van der Waals surface area contributed by atoms with Crippen LogP contribution in [0.5, 0.6) is 0 Å². The van der Waals surface area contributed by atoms with Gasteiger partial charge >= 0.3 is 0 Å². The molecule has 0 bridgehead atoms. The van der Waals surface area contributed by atoms with Gasteiger partial charge in [0.2, 0.25) is 0 Å². The standard InChI is InChI=1S/C13H24N4O2S/c1-13(2,3)10-7-5-9(6-8-10)11-15-16-12(17(11)4)20(14,18)19/h9-10H,5-8H2,1-4H3,(H2,14,18,19). The maximum atomic E-state index is 11.4. The SMILES string of the molecule is Cn1c(C2CCC(C(C)(C)C)CC2)nnc1S(N)(=O)=O. The third kappa shape index (κ3) is 3.03. The summed E-state index contributed by atoms with van der Waals surface area (Å²) in [7, 11) is -2.12. The number of nitrogens with two attached hydrogens (primary N) is 1. The Hall–Kier alpha value is -0.950. The molecule has 0 aliphatic heterocycles. The lowest BCUT2D eigenvalue weighted by Crippen LogP contribution is -2.26. The molecule has 2 N–H and O–H groups in total. The summed E-state index contributed by atoms with van der Waals surface area (Å²) in [5.41, 5.74) is 0.330. The highest BCUT2D eigenvalue weighted by molar-refractivity contribution is 7.89. The van der Waals surface area contributed by atoms with Crippen molar-refractivity contribution in [3.8, 4) is 0 Å². The minimum absolute atomic E-state index is 0.148. The van der Waals surface area contributed by atoms with Crippen molar-refractivity contribution in [2.45, 2.75) is 57.5 Å². The first-order valence-corrected chi connectivity index (χ1v) is 8.57. The average Bonchev–Trinajstić information content (AvgIpc) is 2.70. The summed E-state index contributed by atoms with van der Waals surface area (Å²) in [6.07, 6.45) is 4.34. The third-order valence-corrected chi connectivity index (χ3v) is 5.30. The highest BCUT2D eigenvalue weighted by Gasteiger charge is 2.32. The van der Waals surface area contributed by atoms with Crippen molar-refractivity contribution in [2.24, 2.45) is 23.5 Å². The van der Waals surface area contributed by atoms with Gasteiger partial charge in [0.05, 0.1) is 0 Å². The minimum Gasteiger partial charge on any atom is -0.304 e. The minimum atomic E-state index is -3.80. The topological polar surface area (TPSA) is 90.9 Å². The zero-order chi connectivity index (χ0) is 15.1. The summed E-state index contributed by atoms with van der Waals surface area (Å²) < 4.78 is 24.3. The Labute approximate surface area is 120 Å². The van der Waals surface area contributed by atoms with E-state index < -0.39 is 10.0 Å². The van der Waals surface area contributed by atoms with Crippen LogP contribution in [0.15, 0.2) is 5.16 Å². The van der Waals surface area contributed by atoms with Crippen molar-refractivity contribution >= 4 is 10.0 Å². The number of rotatable bonds is 2. The maximum Gasteiger partial charge on any atom is 0.273 e. The average molecular weight is 300 g/mol. The van der Waals surface area contributed by atoms with Gasteiger partial charge in [-0.3, -0.25) is 0 Å². The fourth-order valence-electron chi connectivity index (χ4n) is 3.15. The molecule has 20 heavy (non-hydrogen) atoms. The van der Waals surface area contributed by atoms with Crippen LogP contribution in [0.25, 0.3) is 0 Å². The van der Waals surface area contributed by atoms with E-state index >= 15 is 0 Å². The smallest absolute Gasteiger partial charge is 0.273 e. The van der Waals surface area contributed by atoms with Crippen molar-refractivity contribution in [3.63, 3.8) is 0 Å². The predicted molar refractivity (Wildman–Crippen MR) is 76.5 cm³/mol. The Balaban J connectivity index is 2.14. The molecular formula is C13H24N4O2S. The van der Waals surface area contributed by atoms with Crippen LogP contribution >= 0.6 is 0 Å². The molecule has 2 rings (SSSR count). The first-order valence-electron chi connectivity index (χ1n) is 7.03. The summed E-state index contributed by atoms with van der Waals surface area (Å²) >= 11 is 0. The van der Waals surface area contributed by atoms with Gasteiger partial charge in [-0.25, -0.2) is 13.6 Å². The van der Waals surface area contributed by atoms with Crippen LogP contribution in [0.3, 0.4) is 0 Å². The quantitative estimate of drug-likeness (QED) is 0.901. The molecule has 0 unspecified atom stereocenters. The molecule has 0 atom stereocenters. The Bertz CT molecular complexity index is 578. The maximum absolute atomic E-state index is 11.4. The van der Waals surface area contributed by atoms with Gasteiger partial charge in [-0.1, -0.05) is 20.8 Å². The lowest BCUT2D eigenvalue weighted by molar-refractivity contribution is 0.166. The van der Waals surface area contributed by atoms with Crippen LogP contribution in [0.2, 0.25) is 0 Å². The van der Waals surface area contributed by atoms with Gasteiger partial charge in [0.1, 0.15) is 5.82 Å². The molecule has 1 aromatic rings. The van der Waals surface area contributed by atoms with Crippen molar-refractivity contribution in [3.05, 3.63) is 5.82 Å². The monoisotopic (exact) mass is 300 g/mol. The number of primary sulfonamides is 1. The largest absolute Gasteiger partial charge is 0.304 e. The zero-order valence-electron chi connectivity index (χ0n) is 12.6. The lowest BCUT2D eigenvalue weighted by atomic mass is 9.70. The fourth-order valence-corrected chi connectivity index (χ4v) is 3.78. The van der Waals surface area contributed by atoms with E-state index in [1.165, 1.54) is 4.57 Å². The molecule has 0 saturated heterocycles. The molecule has 6 nitrogen and oxygen atoms in total. The number of aromatic nitrogens is 3. The van der Waals surface area contributed by atoms with E-state index in [0.717, 1.165) is 31.5 Å². The molecular weight excluding hydrogens is 276 g/mol. The Kier molecular flexibility index (Phi) is 3.94. The van der Waals surface area contributed by atoms with Gasteiger partial charge in [-0.05, 0) is 37.0 Å². The van der Waals surface area contributed by atoms with Crippen LogP contribution in [-0.4, -0.2) is 23.2 Å². The highest BCUT2D eigenvalue weighted by atomic mass is 32.2. The number of hydrogen-bond donors (Lipinski definition) is 1. The molecule has 1 fully saturated rings. The molecule has 1 aliphatic carbocycles. The van der Waals surface area contributed by atoms with E-state index in [1.54, 1.807) is 7.05 Å². The van der Waals surface area contributed by atoms with Gasteiger partial charge in [-0.15, -0.1) is 10.2 Å². The summed E-state index contributed by atoms with van der Waals surface area (Å²) in [5.74, 6) is 1.73. The van der Waals surface area contributed by atoms with E-state index in [2.05, 4.69) is 31.0 Å². The molecule has 0 spiro atoms. The fraction of sp³-hybridized carbons (Fsp3) is 0.846. The Morgan fingerprint density at radius 3 is 2.10 bits per heavy atom. The molecule has 1 aromatic heterocycles. The second-order valence-corrected chi connectivity index (χ2v) is 8.31. The molecule has 1 saturated carbocycles. The van der Waals surface area contributed by atoms with E-state index in [0.29, 0.717) is 11.3 Å². The van der Waals surface area contributed by atoms with Crippen LogP contribution < -0.4 is 5.14 Å². The van der Waals surface area contributed by atoms with Crippen molar-refractivity contribution < 1.29 is 8.42 Å². The summed E-state index contributed by atoms with van der Waals surface area (Å²) in [6, 6.07) is 0. The predicted octanol–water partition coefficient (Wildman–Crippen LogP) is 1.78. The van der Waals surface area contributed by atoms with E-state index in [1.807, 2.05) is 0 Å². The van der Waals surface area contributed by atoms with Crippen LogP contribution in [-0.2, 0) is 17.1 Å². The molecule has 0 radical (unpaired) electrons. The third-order valence-electron chi connectivity index (χ3n) is 4.44. The van der Waals surface area contributed by atoms with Crippen LogP contribution in [0, 0.1) is 11.3 Å². The summed E-state index contributed by atoms with van der Waals surface area (Å²) in [4.78, 5) is 0. The van der Waals surface area contributed by atoms with Crippen LogP contribution in [0.1, 0.15) is 58.2 Å². The van der Waals surface area contributed by atoms with Crippen LogP contribution in [0.4, 0.5) is 0 Å². The Morgan fingerprint density at radius 2 is 1.70 bits per heavy atom. The van der Waals surface area contributed by atoms with Crippen molar-refractivity contribution in [2.75, 3.05) is 0 Å². The number of hydrogen-bond acceptors (Lipinski definition) is 4. The van der Waals surface area contributed by atoms with Gasteiger partial charge in [0.15, 0.2) is 0 Å². The van der Waals surface area contributed by atoms with E-state index in [9.17, 15) is 8.42 Å². The van der Waals surface area contributed by atoms with E-state index in [4.69, 9.17) is 5.14 Å². The van der Waals surface area contributed by atoms with Gasteiger partial charge in [-0.2, -0.15) is 0 Å². The second kappa shape index (κ2) is 5.11. The van der Waals surface area contributed by atoms with Crippen molar-refractivity contribution in [1.82, 2.24) is 14.8 Å². The van der Waals surface area contributed by atoms with Gasteiger partial charge in [0.25, 0.3) is 15.2 Å². The lowest BCUT2D eigenvalue weighted by Gasteiger charge is -2.36. The first-order chi connectivity index (χ1) is 9.10. The summed E-state index contributed by atoms with van der Waals surface area (Å²) in [6.45, 7) is 6.83. The first kappa shape index (κ1) is 15.4. The summed E-state index contributed by atoms with van der Waals surface area (Å²) in [5, 5.41) is 12.8. The highest BCUT2D eigenvalue weighted by Crippen LogP contribution is 2.42. The van der Waals surface area contributed by atoms with E-state index in [-0.39, 0.29) is 11.1 Å². The number of sulfonamides is 1. The molecule has 1 aliphatic rings. The zero-order valence-corrected chi connectivity index (χ0v) is 13.4. The normalized spacial score (nSPS) is 24.9. The Morgan fingerprint density at radius 1 is 1.15 bits per heavy atom. The van der Waals surface area contributed by atoms with Gasteiger partial charge < -0.3 is 4.57 Å². The molecule has 0 amide bonds. The van der Waals surface area contributed by atoms with Gasteiger partial charge in [0, 0.05) is 13.0 Å².